The molecular weight excluding hydrogens is 490 g/mol. The number of alkyl halides is 2. The summed E-state index contributed by atoms with van der Waals surface area (Å²) in [5.41, 5.74) is -0.401. The number of hydrogen-bond acceptors (Lipinski definition) is 9. The Hall–Kier alpha value is -2.64. The zero-order chi connectivity index (χ0) is 23.1. The number of halogens is 3. The third-order valence-electron chi connectivity index (χ3n) is 4.27. The third kappa shape index (κ3) is 5.05. The molecule has 4 rings (SSSR count). The Labute approximate surface area is 189 Å². The lowest BCUT2D eigenvalue weighted by Crippen LogP contribution is -2.63. The molecule has 0 atom stereocenters. The van der Waals surface area contributed by atoms with Crippen molar-refractivity contribution in [1.82, 2.24) is 20.3 Å². The van der Waals surface area contributed by atoms with Crippen LogP contribution in [0.1, 0.15) is 16.7 Å². The van der Waals surface area contributed by atoms with Crippen LogP contribution in [0.15, 0.2) is 24.4 Å². The molecule has 170 valence electrons. The molecule has 0 spiro atoms. The normalized spacial score (nSPS) is 16.5. The predicted octanol–water partition coefficient (Wildman–Crippen LogP) is 3.09. The van der Waals surface area contributed by atoms with Gasteiger partial charge in [0.1, 0.15) is 17.0 Å². The van der Waals surface area contributed by atoms with Crippen LogP contribution in [0.25, 0.3) is 10.3 Å². The summed E-state index contributed by atoms with van der Waals surface area (Å²) in [5, 5.41) is 2.98. The highest BCUT2D eigenvalue weighted by atomic mass is 35.5. The standard InChI is InChI=1S/C18H15ClF2N4O5S2/c1-18(7-32(27,28)8-18)25-14(26)17-23-10-2-3-13(24-16(10)31-17)30-15-11(29-6-12(20)21)4-9(19)5-22-15/h2-5,12H,6-8H2,1H3,(H,25,26). The lowest BCUT2D eigenvalue weighted by Gasteiger charge is -2.37. The van der Waals surface area contributed by atoms with Crippen LogP contribution in [0.2, 0.25) is 5.02 Å². The maximum Gasteiger partial charge on any atom is 0.280 e. The number of nitrogens with zero attached hydrogens (tertiary/aromatic N) is 3. The number of hydrogen-bond donors (Lipinski definition) is 1. The van der Waals surface area contributed by atoms with Gasteiger partial charge in [-0.2, -0.15) is 0 Å². The summed E-state index contributed by atoms with van der Waals surface area (Å²) in [4.78, 5) is 25.3. The second-order valence-corrected chi connectivity index (χ2v) is 10.8. The molecule has 3 aromatic rings. The quantitative estimate of drug-likeness (QED) is 0.521. The lowest BCUT2D eigenvalue weighted by molar-refractivity contribution is 0.0803. The van der Waals surface area contributed by atoms with Crippen LogP contribution in [-0.2, 0) is 9.84 Å². The molecule has 1 fully saturated rings. The topological polar surface area (TPSA) is 120 Å². The fourth-order valence-electron chi connectivity index (χ4n) is 3.12. The molecule has 32 heavy (non-hydrogen) atoms. The second kappa shape index (κ2) is 8.37. The first-order chi connectivity index (χ1) is 15.0. The summed E-state index contributed by atoms with van der Waals surface area (Å²) in [7, 11) is -3.12. The smallest absolute Gasteiger partial charge is 0.280 e. The van der Waals surface area contributed by atoms with E-state index in [4.69, 9.17) is 21.1 Å². The molecule has 0 radical (unpaired) electrons. The van der Waals surface area contributed by atoms with Crippen molar-refractivity contribution in [2.75, 3.05) is 18.1 Å². The van der Waals surface area contributed by atoms with Crippen LogP contribution in [0.5, 0.6) is 17.5 Å². The SMILES string of the molecule is CC1(NC(=O)c2nc3ccc(Oc4ncc(Cl)cc4OCC(F)F)nc3s2)CS(=O)(=O)C1. The average Bonchev–Trinajstić information content (AvgIpc) is 3.10. The molecule has 0 aromatic carbocycles. The van der Waals surface area contributed by atoms with Crippen molar-refractivity contribution < 1.29 is 31.5 Å². The molecule has 0 aliphatic carbocycles. The van der Waals surface area contributed by atoms with E-state index in [2.05, 4.69) is 20.3 Å². The zero-order valence-electron chi connectivity index (χ0n) is 16.3. The number of fused-ring (bicyclic) bond motifs is 1. The lowest BCUT2D eigenvalue weighted by atomic mass is 10.1. The number of amides is 1. The van der Waals surface area contributed by atoms with Crippen molar-refractivity contribution >= 4 is 49.0 Å². The second-order valence-electron chi connectivity index (χ2n) is 7.30. The van der Waals surface area contributed by atoms with E-state index in [-0.39, 0.29) is 39.0 Å². The summed E-state index contributed by atoms with van der Waals surface area (Å²) in [5.74, 6) is -0.874. The molecule has 1 N–H and O–H groups in total. The molecule has 0 saturated carbocycles. The minimum atomic E-state index is -3.12. The number of rotatable bonds is 7. The highest BCUT2D eigenvalue weighted by Gasteiger charge is 2.46. The molecule has 3 aromatic heterocycles. The molecule has 1 aliphatic heterocycles. The van der Waals surface area contributed by atoms with Gasteiger partial charge in [0.15, 0.2) is 20.6 Å². The Morgan fingerprint density at radius 2 is 2.09 bits per heavy atom. The van der Waals surface area contributed by atoms with Crippen LogP contribution in [0.3, 0.4) is 0 Å². The van der Waals surface area contributed by atoms with Crippen molar-refractivity contribution in [1.29, 1.82) is 0 Å². The van der Waals surface area contributed by atoms with Crippen LogP contribution in [0.4, 0.5) is 8.78 Å². The van der Waals surface area contributed by atoms with Crippen molar-refractivity contribution in [2.45, 2.75) is 18.9 Å². The van der Waals surface area contributed by atoms with Gasteiger partial charge in [-0.1, -0.05) is 22.9 Å². The number of carbonyl (C=O) groups is 1. The van der Waals surface area contributed by atoms with Crippen molar-refractivity contribution in [2.24, 2.45) is 0 Å². The maximum absolute atomic E-state index is 12.5. The van der Waals surface area contributed by atoms with Crippen LogP contribution >= 0.6 is 22.9 Å². The largest absolute Gasteiger partial charge is 0.482 e. The van der Waals surface area contributed by atoms with Gasteiger partial charge in [0.2, 0.25) is 5.88 Å². The van der Waals surface area contributed by atoms with E-state index < -0.39 is 34.3 Å². The van der Waals surface area contributed by atoms with Crippen molar-refractivity contribution in [3.8, 4) is 17.5 Å². The number of nitrogens with one attached hydrogen (secondary N) is 1. The van der Waals surface area contributed by atoms with Gasteiger partial charge in [-0.3, -0.25) is 4.79 Å². The molecule has 1 saturated heterocycles. The third-order valence-corrected chi connectivity index (χ3v) is 7.59. The van der Waals surface area contributed by atoms with Gasteiger partial charge in [0.25, 0.3) is 18.2 Å². The number of sulfone groups is 1. The first-order valence-corrected chi connectivity index (χ1v) is 12.1. The molecule has 4 heterocycles. The predicted molar refractivity (Wildman–Crippen MR) is 113 cm³/mol. The van der Waals surface area contributed by atoms with Crippen LogP contribution in [-0.4, -0.2) is 59.4 Å². The van der Waals surface area contributed by atoms with Gasteiger partial charge in [-0.15, -0.1) is 0 Å². The fourth-order valence-corrected chi connectivity index (χ4v) is 6.10. The summed E-state index contributed by atoms with van der Waals surface area (Å²) < 4.78 is 58.4. The maximum atomic E-state index is 12.5. The van der Waals surface area contributed by atoms with Crippen molar-refractivity contribution in [3.05, 3.63) is 34.4 Å². The minimum Gasteiger partial charge on any atom is -0.482 e. The highest BCUT2D eigenvalue weighted by Crippen LogP contribution is 2.33. The Bertz CT molecular complexity index is 1290. The van der Waals surface area contributed by atoms with E-state index >= 15 is 0 Å². The van der Waals surface area contributed by atoms with Crippen molar-refractivity contribution in [3.63, 3.8) is 0 Å². The molecule has 14 heteroatoms. The van der Waals surface area contributed by atoms with Gasteiger partial charge in [-0.05, 0) is 13.0 Å². The first kappa shape index (κ1) is 22.6. The molecule has 1 amide bonds. The van der Waals surface area contributed by atoms with E-state index in [0.29, 0.717) is 10.3 Å². The number of carbonyl (C=O) groups excluding carboxylic acids is 1. The fraction of sp³-hybridized carbons (Fsp3) is 0.333. The van der Waals surface area contributed by atoms with Gasteiger partial charge in [-0.25, -0.2) is 32.2 Å². The van der Waals surface area contributed by atoms with E-state index in [0.717, 1.165) is 11.3 Å². The van der Waals surface area contributed by atoms with E-state index in [1.165, 1.54) is 18.3 Å². The monoisotopic (exact) mass is 504 g/mol. The average molecular weight is 505 g/mol. The summed E-state index contributed by atoms with van der Waals surface area (Å²) in [6.45, 7) is 0.786. The number of pyridine rings is 2. The number of thiazole rings is 1. The van der Waals surface area contributed by atoms with Gasteiger partial charge >= 0.3 is 0 Å². The zero-order valence-corrected chi connectivity index (χ0v) is 18.7. The van der Waals surface area contributed by atoms with Gasteiger partial charge in [0, 0.05) is 18.3 Å². The minimum absolute atomic E-state index is 0.0712. The Morgan fingerprint density at radius 3 is 2.78 bits per heavy atom. The summed E-state index contributed by atoms with van der Waals surface area (Å²) >= 11 is 6.83. The summed E-state index contributed by atoms with van der Waals surface area (Å²) in [6, 6.07) is 4.33. The molecule has 0 unspecified atom stereocenters. The van der Waals surface area contributed by atoms with E-state index in [1.54, 1.807) is 13.0 Å². The van der Waals surface area contributed by atoms with E-state index in [1.807, 2.05) is 0 Å². The molecular formula is C18H15ClF2N4O5S2. The molecule has 0 bridgehead atoms. The Morgan fingerprint density at radius 1 is 1.34 bits per heavy atom. The van der Waals surface area contributed by atoms with Crippen LogP contribution < -0.4 is 14.8 Å². The Balaban J connectivity index is 1.52. The van der Waals surface area contributed by atoms with Crippen LogP contribution in [0, 0.1) is 0 Å². The highest BCUT2D eigenvalue weighted by molar-refractivity contribution is 7.93. The van der Waals surface area contributed by atoms with E-state index in [9.17, 15) is 22.0 Å². The van der Waals surface area contributed by atoms with Gasteiger partial charge < -0.3 is 14.8 Å². The first-order valence-electron chi connectivity index (χ1n) is 9.07. The number of ether oxygens (including phenoxy) is 2. The molecule has 9 nitrogen and oxygen atoms in total. The number of aromatic nitrogens is 3. The summed E-state index contributed by atoms with van der Waals surface area (Å²) in [6.07, 6.45) is -1.43. The molecule has 1 aliphatic rings. The van der Waals surface area contributed by atoms with Gasteiger partial charge in [0.05, 0.1) is 22.1 Å². The Kier molecular flexibility index (Phi) is 5.90.